The third-order valence-corrected chi connectivity index (χ3v) is 10.6. The van der Waals surface area contributed by atoms with E-state index in [-0.39, 0.29) is 11.5 Å². The van der Waals surface area contributed by atoms with Crippen LogP contribution in [0.15, 0.2) is 97.3 Å². The number of hydrogen-bond acceptors (Lipinski definition) is 9. The van der Waals surface area contributed by atoms with Crippen molar-refractivity contribution in [2.45, 2.75) is 25.8 Å². The van der Waals surface area contributed by atoms with E-state index in [0.29, 0.717) is 51.7 Å². The van der Waals surface area contributed by atoms with Gasteiger partial charge in [-0.25, -0.2) is 23.7 Å². The van der Waals surface area contributed by atoms with Crippen molar-refractivity contribution in [2.24, 2.45) is 0 Å². The van der Waals surface area contributed by atoms with Crippen molar-refractivity contribution in [3.8, 4) is 28.4 Å². The van der Waals surface area contributed by atoms with Gasteiger partial charge in [-0.3, -0.25) is 18.9 Å². The quantitative estimate of drug-likeness (QED) is 0.163. The fourth-order valence-electron chi connectivity index (χ4n) is 7.59. The van der Waals surface area contributed by atoms with Gasteiger partial charge in [0.2, 0.25) is 11.9 Å². The van der Waals surface area contributed by atoms with Gasteiger partial charge in [0.05, 0.1) is 29.9 Å². The number of nitrogens with zero attached hydrogens (tertiary/aromatic N) is 7. The number of fused-ring (bicyclic) bond motifs is 1. The van der Waals surface area contributed by atoms with Gasteiger partial charge in [-0.15, -0.1) is 0 Å². The van der Waals surface area contributed by atoms with Crippen molar-refractivity contribution in [2.75, 3.05) is 61.9 Å². The van der Waals surface area contributed by atoms with Crippen LogP contribution < -0.4 is 20.3 Å². The molecule has 0 aliphatic carbocycles. The lowest BCUT2D eigenvalue weighted by molar-refractivity contribution is -0.130. The molecular formula is C42H41F2N9O3. The molecule has 3 aromatic carbocycles. The van der Waals surface area contributed by atoms with E-state index in [2.05, 4.69) is 31.5 Å². The highest BCUT2D eigenvalue weighted by Crippen LogP contribution is 2.36. The molecule has 0 spiro atoms. The van der Waals surface area contributed by atoms with Gasteiger partial charge in [0.15, 0.2) is 0 Å². The lowest BCUT2D eigenvalue weighted by Gasteiger charge is -2.43. The molecule has 2 amide bonds. The van der Waals surface area contributed by atoms with E-state index in [0.717, 1.165) is 69.9 Å². The molecule has 2 fully saturated rings. The van der Waals surface area contributed by atoms with Crippen LogP contribution in [0, 0.1) is 11.6 Å². The standard InChI is InChI=1S/C42H41F2N9O3/c1-27(54)50-21-23-52(24-22-50)30-15-19-51(20-16-30)31-12-13-34(36(26-31)56-2)46-42-45-17-14-35(47-42)40-38(48-37-11-3-4-18-53(37)40)28-7-5-8-29(25-28)41(55)49-39-32(43)9-6-10-33(39)44/h3-14,17-18,25-26,30H,15-16,19-24H2,1-2H3,(H,49,55)(H,45,46,47). The highest BCUT2D eigenvalue weighted by atomic mass is 19.1. The predicted octanol–water partition coefficient (Wildman–Crippen LogP) is 6.87. The number of aromatic nitrogens is 4. The molecular weight excluding hydrogens is 717 g/mol. The summed E-state index contributed by atoms with van der Waals surface area (Å²) in [4.78, 5) is 46.1. The highest BCUT2D eigenvalue weighted by Gasteiger charge is 2.29. The van der Waals surface area contributed by atoms with Crippen molar-refractivity contribution < 1.29 is 23.1 Å². The Hall–Kier alpha value is -6.41. The van der Waals surface area contributed by atoms with Crippen LogP contribution in [0.2, 0.25) is 0 Å². The van der Waals surface area contributed by atoms with E-state index in [1.165, 1.54) is 6.07 Å². The van der Waals surface area contributed by atoms with E-state index in [1.54, 1.807) is 44.5 Å². The molecule has 14 heteroatoms. The number of nitrogens with one attached hydrogen (secondary N) is 2. The summed E-state index contributed by atoms with van der Waals surface area (Å²) in [7, 11) is 1.64. The zero-order chi connectivity index (χ0) is 38.8. The number of piperazine rings is 1. The number of imidazole rings is 1. The van der Waals surface area contributed by atoms with Gasteiger partial charge in [0.25, 0.3) is 5.91 Å². The summed E-state index contributed by atoms with van der Waals surface area (Å²) >= 11 is 0. The number of piperidine rings is 1. The fourth-order valence-corrected chi connectivity index (χ4v) is 7.59. The maximum Gasteiger partial charge on any atom is 0.255 e. The number of amides is 2. The summed E-state index contributed by atoms with van der Waals surface area (Å²) in [5.41, 5.74) is 4.51. The summed E-state index contributed by atoms with van der Waals surface area (Å²) in [5.74, 6) is -1.25. The van der Waals surface area contributed by atoms with Crippen molar-refractivity contribution in [3.63, 3.8) is 0 Å². The average Bonchev–Trinajstić information content (AvgIpc) is 3.62. The maximum atomic E-state index is 14.3. The Labute approximate surface area is 322 Å². The molecule has 2 aliphatic heterocycles. The molecule has 5 heterocycles. The molecule has 8 rings (SSSR count). The minimum atomic E-state index is -0.868. The first-order chi connectivity index (χ1) is 27.2. The van der Waals surface area contributed by atoms with Crippen LogP contribution in [0.5, 0.6) is 5.75 Å². The number of hydrogen-bond donors (Lipinski definition) is 2. The Morgan fingerprint density at radius 3 is 2.36 bits per heavy atom. The second-order valence-corrected chi connectivity index (χ2v) is 13.9. The van der Waals surface area contributed by atoms with Crippen LogP contribution in [-0.2, 0) is 4.79 Å². The number of carbonyl (C=O) groups excluding carboxylic acids is 2. The Morgan fingerprint density at radius 1 is 0.839 bits per heavy atom. The van der Waals surface area contributed by atoms with E-state index in [1.807, 2.05) is 51.9 Å². The Morgan fingerprint density at radius 2 is 1.61 bits per heavy atom. The van der Waals surface area contributed by atoms with Gasteiger partial charge in [0, 0.05) is 87.5 Å². The smallest absolute Gasteiger partial charge is 0.255 e. The highest BCUT2D eigenvalue weighted by molar-refractivity contribution is 6.05. The second-order valence-electron chi connectivity index (χ2n) is 13.9. The average molecular weight is 758 g/mol. The SMILES string of the molecule is COc1cc(N2CCC(N3CCN(C(C)=O)CC3)CC2)ccc1Nc1nccc(-c2c(-c3cccc(C(=O)Nc4c(F)cccc4F)c3)nc3ccccn23)n1. The van der Waals surface area contributed by atoms with E-state index in [4.69, 9.17) is 14.7 Å². The van der Waals surface area contributed by atoms with Gasteiger partial charge in [-0.1, -0.05) is 24.3 Å². The molecule has 56 heavy (non-hydrogen) atoms. The minimum absolute atomic E-state index is 0.152. The van der Waals surface area contributed by atoms with Gasteiger partial charge >= 0.3 is 0 Å². The van der Waals surface area contributed by atoms with Crippen molar-refractivity contribution in [1.82, 2.24) is 29.2 Å². The van der Waals surface area contributed by atoms with Crippen molar-refractivity contribution >= 4 is 40.5 Å². The van der Waals surface area contributed by atoms with Gasteiger partial charge in [-0.2, -0.15) is 0 Å². The van der Waals surface area contributed by atoms with Crippen molar-refractivity contribution in [3.05, 3.63) is 115 Å². The number of anilines is 4. The van der Waals surface area contributed by atoms with Crippen molar-refractivity contribution in [1.29, 1.82) is 0 Å². The molecule has 2 aliphatic rings. The summed E-state index contributed by atoms with van der Waals surface area (Å²) in [6.45, 7) is 6.94. The van der Waals surface area contributed by atoms with Crippen LogP contribution in [-0.4, -0.2) is 93.4 Å². The second kappa shape index (κ2) is 15.7. The Balaban J connectivity index is 1.01. The first-order valence-corrected chi connectivity index (χ1v) is 18.6. The van der Waals surface area contributed by atoms with E-state index in [9.17, 15) is 18.4 Å². The Bertz CT molecular complexity index is 2380. The van der Waals surface area contributed by atoms with E-state index >= 15 is 0 Å². The lowest BCUT2D eigenvalue weighted by Crippen LogP contribution is -2.54. The third-order valence-electron chi connectivity index (χ3n) is 10.6. The summed E-state index contributed by atoms with van der Waals surface area (Å²) < 4.78 is 36.4. The van der Waals surface area contributed by atoms with Gasteiger partial charge < -0.3 is 25.2 Å². The minimum Gasteiger partial charge on any atom is -0.494 e. The first-order valence-electron chi connectivity index (χ1n) is 18.6. The zero-order valence-electron chi connectivity index (χ0n) is 31.1. The largest absolute Gasteiger partial charge is 0.494 e. The molecule has 6 aromatic rings. The molecule has 0 unspecified atom stereocenters. The maximum absolute atomic E-state index is 14.3. The summed E-state index contributed by atoms with van der Waals surface area (Å²) in [5, 5.41) is 5.70. The summed E-state index contributed by atoms with van der Waals surface area (Å²) in [6, 6.07) is 24.1. The molecule has 3 aromatic heterocycles. The van der Waals surface area contributed by atoms with Crippen LogP contribution >= 0.6 is 0 Å². The monoisotopic (exact) mass is 757 g/mol. The number of ether oxygens (including phenoxy) is 1. The van der Waals surface area contributed by atoms with Crippen LogP contribution in [0.1, 0.15) is 30.1 Å². The zero-order valence-corrected chi connectivity index (χ0v) is 31.1. The van der Waals surface area contributed by atoms with Crippen LogP contribution in [0.4, 0.5) is 31.8 Å². The third kappa shape index (κ3) is 7.47. The fraction of sp³-hybridized carbons (Fsp3) is 0.262. The molecule has 0 radical (unpaired) electrons. The molecule has 2 saturated heterocycles. The van der Waals surface area contributed by atoms with Gasteiger partial charge in [0.1, 0.15) is 28.7 Å². The van der Waals surface area contributed by atoms with E-state index < -0.39 is 23.2 Å². The normalized spacial score (nSPS) is 15.2. The topological polar surface area (TPSA) is 120 Å². The molecule has 0 atom stereocenters. The van der Waals surface area contributed by atoms with Crippen LogP contribution in [0.3, 0.4) is 0 Å². The first kappa shape index (κ1) is 36.6. The molecule has 0 saturated carbocycles. The number of methoxy groups -OCH3 is 1. The molecule has 0 bridgehead atoms. The molecule has 286 valence electrons. The summed E-state index contributed by atoms with van der Waals surface area (Å²) in [6.07, 6.45) is 5.65. The van der Waals surface area contributed by atoms with Crippen LogP contribution in [0.25, 0.3) is 28.3 Å². The lowest BCUT2D eigenvalue weighted by atomic mass is 10.0. The number of para-hydroxylation sites is 1. The predicted molar refractivity (Wildman–Crippen MR) is 211 cm³/mol. The Kier molecular flexibility index (Phi) is 10.3. The van der Waals surface area contributed by atoms with Gasteiger partial charge in [-0.05, 0) is 67.4 Å². The number of carbonyl (C=O) groups is 2. The number of rotatable bonds is 9. The number of halogens is 2. The number of pyridine rings is 1. The molecule has 2 N–H and O–H groups in total. The molecule has 12 nitrogen and oxygen atoms in total. The number of benzene rings is 3.